The Morgan fingerprint density at radius 1 is 1.43 bits per heavy atom. The van der Waals surface area contributed by atoms with Crippen LogP contribution >= 0.6 is 15.9 Å². The first-order valence-corrected chi connectivity index (χ1v) is 7.81. The van der Waals surface area contributed by atoms with Gasteiger partial charge in [-0.25, -0.2) is 0 Å². The number of benzene rings is 1. The molecule has 1 aromatic carbocycles. The number of halogens is 1. The molecule has 118 valence electrons. The fourth-order valence-electron chi connectivity index (χ4n) is 2.05. The molecular weight excluding hydrogens is 336 g/mol. The molecule has 1 rings (SSSR count). The number of phenolic OH excluding ortho intramolecular Hbond substituents is 1. The maximum Gasteiger partial charge on any atom is 0.239 e. The van der Waals surface area contributed by atoms with Gasteiger partial charge in [0.05, 0.1) is 17.6 Å². The molecule has 6 heteroatoms. The van der Waals surface area contributed by atoms with Crippen LogP contribution in [0.4, 0.5) is 0 Å². The number of likely N-dealkylation sites (N-methyl/N-ethyl adjacent to an activating group) is 1. The summed E-state index contributed by atoms with van der Waals surface area (Å²) in [6.45, 7) is 7.72. The van der Waals surface area contributed by atoms with E-state index in [4.69, 9.17) is 4.74 Å². The normalized spacial score (nSPS) is 12.0. The minimum absolute atomic E-state index is 0.0773. The number of aromatic hydroxyl groups is 1. The Balaban J connectivity index is 2.71. The van der Waals surface area contributed by atoms with Crippen LogP contribution in [-0.2, 0) is 11.3 Å². The van der Waals surface area contributed by atoms with Crippen LogP contribution in [0.5, 0.6) is 11.5 Å². The van der Waals surface area contributed by atoms with Crippen LogP contribution < -0.4 is 10.1 Å². The lowest BCUT2D eigenvalue weighted by Gasteiger charge is -2.23. The Morgan fingerprint density at radius 3 is 2.57 bits per heavy atom. The van der Waals surface area contributed by atoms with Gasteiger partial charge in [0.2, 0.25) is 5.91 Å². The molecule has 0 heterocycles. The van der Waals surface area contributed by atoms with Gasteiger partial charge >= 0.3 is 0 Å². The number of amides is 1. The average Bonchev–Trinajstić information content (AvgIpc) is 2.48. The van der Waals surface area contributed by atoms with E-state index >= 15 is 0 Å². The first-order valence-electron chi connectivity index (χ1n) is 7.02. The third-order valence-corrected chi connectivity index (χ3v) is 3.97. The molecule has 1 atom stereocenters. The number of nitrogens with one attached hydrogen (secondary N) is 1. The van der Waals surface area contributed by atoms with Crippen molar-refractivity contribution in [2.24, 2.45) is 0 Å². The molecule has 0 radical (unpaired) electrons. The van der Waals surface area contributed by atoms with E-state index in [0.717, 1.165) is 5.56 Å². The van der Waals surface area contributed by atoms with Crippen LogP contribution in [0.1, 0.15) is 26.3 Å². The van der Waals surface area contributed by atoms with Crippen molar-refractivity contribution in [2.45, 2.75) is 33.4 Å². The first kappa shape index (κ1) is 17.8. The molecule has 0 aliphatic carbocycles. The van der Waals surface area contributed by atoms with Gasteiger partial charge in [0, 0.05) is 19.6 Å². The van der Waals surface area contributed by atoms with E-state index in [1.54, 1.807) is 17.0 Å². The van der Waals surface area contributed by atoms with Gasteiger partial charge in [-0.15, -0.1) is 0 Å². The third kappa shape index (κ3) is 4.61. The van der Waals surface area contributed by atoms with Crippen molar-refractivity contribution in [1.29, 1.82) is 0 Å². The standard InChI is InChI=1S/C15H23BrN2O3/c1-5-18(6-2)15(20)10(3)17-9-11-7-12(16)14(19)13(8-11)21-4/h7-8,10,17,19H,5-6,9H2,1-4H3. The summed E-state index contributed by atoms with van der Waals surface area (Å²) in [6.07, 6.45) is 0. The van der Waals surface area contributed by atoms with Crippen LogP contribution in [-0.4, -0.2) is 42.2 Å². The number of nitrogens with zero attached hydrogens (tertiary/aromatic N) is 1. The van der Waals surface area contributed by atoms with Crippen molar-refractivity contribution in [3.63, 3.8) is 0 Å². The van der Waals surface area contributed by atoms with Gasteiger partial charge in [-0.1, -0.05) is 0 Å². The molecular formula is C15H23BrN2O3. The predicted octanol–water partition coefficient (Wildman–Crippen LogP) is 2.51. The highest BCUT2D eigenvalue weighted by Gasteiger charge is 2.17. The first-order chi connectivity index (χ1) is 9.94. The van der Waals surface area contributed by atoms with E-state index in [9.17, 15) is 9.90 Å². The zero-order chi connectivity index (χ0) is 16.0. The molecule has 0 saturated heterocycles. The van der Waals surface area contributed by atoms with E-state index in [1.165, 1.54) is 7.11 Å². The predicted molar refractivity (Wildman–Crippen MR) is 86.6 cm³/mol. The van der Waals surface area contributed by atoms with Crippen LogP contribution in [0, 0.1) is 0 Å². The van der Waals surface area contributed by atoms with Gasteiger partial charge in [-0.05, 0) is 54.4 Å². The van der Waals surface area contributed by atoms with Crippen LogP contribution in [0.3, 0.4) is 0 Å². The van der Waals surface area contributed by atoms with E-state index in [-0.39, 0.29) is 17.7 Å². The minimum atomic E-state index is -0.261. The number of phenols is 1. The molecule has 1 aromatic rings. The second kappa shape index (κ2) is 8.24. The number of carbonyl (C=O) groups excluding carboxylic acids is 1. The monoisotopic (exact) mass is 358 g/mol. The zero-order valence-electron chi connectivity index (χ0n) is 12.9. The summed E-state index contributed by atoms with van der Waals surface area (Å²) < 4.78 is 5.68. The highest BCUT2D eigenvalue weighted by Crippen LogP contribution is 2.35. The summed E-state index contributed by atoms with van der Waals surface area (Å²) in [6, 6.07) is 3.30. The van der Waals surface area contributed by atoms with E-state index < -0.39 is 0 Å². The number of ether oxygens (including phenoxy) is 1. The Kier molecular flexibility index (Phi) is 6.98. The molecule has 0 aliphatic rings. The Hall–Kier alpha value is -1.27. The molecule has 21 heavy (non-hydrogen) atoms. The lowest BCUT2D eigenvalue weighted by molar-refractivity contribution is -0.132. The third-order valence-electron chi connectivity index (χ3n) is 3.37. The molecule has 1 unspecified atom stereocenters. The molecule has 0 aliphatic heterocycles. The summed E-state index contributed by atoms with van der Waals surface area (Å²) >= 11 is 3.29. The number of hydrogen-bond acceptors (Lipinski definition) is 4. The van der Waals surface area contributed by atoms with Crippen LogP contribution in [0.2, 0.25) is 0 Å². The van der Waals surface area contributed by atoms with Crippen molar-refractivity contribution >= 4 is 21.8 Å². The van der Waals surface area contributed by atoms with Gasteiger partial charge in [-0.3, -0.25) is 4.79 Å². The van der Waals surface area contributed by atoms with Gasteiger partial charge in [-0.2, -0.15) is 0 Å². The van der Waals surface area contributed by atoms with Crippen molar-refractivity contribution < 1.29 is 14.6 Å². The van der Waals surface area contributed by atoms with E-state index in [0.29, 0.717) is 29.9 Å². The number of rotatable bonds is 7. The molecule has 0 spiro atoms. The van der Waals surface area contributed by atoms with Crippen LogP contribution in [0.25, 0.3) is 0 Å². The van der Waals surface area contributed by atoms with Crippen molar-refractivity contribution in [3.8, 4) is 11.5 Å². The fraction of sp³-hybridized carbons (Fsp3) is 0.533. The quantitative estimate of drug-likeness (QED) is 0.785. The Labute approximate surface area is 134 Å². The summed E-state index contributed by atoms with van der Waals surface area (Å²) in [5.74, 6) is 0.572. The van der Waals surface area contributed by atoms with Gasteiger partial charge in [0.25, 0.3) is 0 Å². The highest BCUT2D eigenvalue weighted by molar-refractivity contribution is 9.10. The lowest BCUT2D eigenvalue weighted by Crippen LogP contribution is -2.44. The van der Waals surface area contributed by atoms with E-state index in [1.807, 2.05) is 20.8 Å². The zero-order valence-corrected chi connectivity index (χ0v) is 14.5. The largest absolute Gasteiger partial charge is 0.503 e. The molecule has 5 nitrogen and oxygen atoms in total. The summed E-state index contributed by atoms with van der Waals surface area (Å²) in [5, 5.41) is 13.0. The maximum absolute atomic E-state index is 12.2. The molecule has 1 amide bonds. The van der Waals surface area contributed by atoms with E-state index in [2.05, 4.69) is 21.2 Å². The van der Waals surface area contributed by atoms with Gasteiger partial charge < -0.3 is 20.1 Å². The second-order valence-corrected chi connectivity index (χ2v) is 5.60. The minimum Gasteiger partial charge on any atom is -0.503 e. The summed E-state index contributed by atoms with van der Waals surface area (Å²) in [7, 11) is 1.51. The SMILES string of the molecule is CCN(CC)C(=O)C(C)NCc1cc(Br)c(O)c(OC)c1. The number of hydrogen-bond donors (Lipinski definition) is 2. The highest BCUT2D eigenvalue weighted by atomic mass is 79.9. The molecule has 0 fully saturated rings. The number of carbonyl (C=O) groups is 1. The molecule has 0 bridgehead atoms. The maximum atomic E-state index is 12.2. The Bertz CT molecular complexity index is 490. The molecule has 2 N–H and O–H groups in total. The lowest BCUT2D eigenvalue weighted by atomic mass is 10.2. The van der Waals surface area contributed by atoms with Gasteiger partial charge in [0.15, 0.2) is 11.5 Å². The topological polar surface area (TPSA) is 61.8 Å². The smallest absolute Gasteiger partial charge is 0.239 e. The average molecular weight is 359 g/mol. The molecule has 0 aromatic heterocycles. The van der Waals surface area contributed by atoms with Gasteiger partial charge in [0.1, 0.15) is 0 Å². The van der Waals surface area contributed by atoms with Crippen molar-refractivity contribution in [2.75, 3.05) is 20.2 Å². The van der Waals surface area contributed by atoms with Crippen LogP contribution in [0.15, 0.2) is 16.6 Å². The Morgan fingerprint density at radius 2 is 2.05 bits per heavy atom. The molecule has 0 saturated carbocycles. The number of methoxy groups -OCH3 is 1. The van der Waals surface area contributed by atoms with Crippen molar-refractivity contribution in [1.82, 2.24) is 10.2 Å². The summed E-state index contributed by atoms with van der Waals surface area (Å²) in [4.78, 5) is 14.0. The summed E-state index contributed by atoms with van der Waals surface area (Å²) in [5.41, 5.74) is 0.927. The second-order valence-electron chi connectivity index (χ2n) is 4.74. The van der Waals surface area contributed by atoms with Crippen molar-refractivity contribution in [3.05, 3.63) is 22.2 Å². The fourth-order valence-corrected chi connectivity index (χ4v) is 2.54.